The number of aromatic amines is 1. The predicted octanol–water partition coefficient (Wildman–Crippen LogP) is 3.55. The number of fused-ring (bicyclic) bond motifs is 1. The summed E-state index contributed by atoms with van der Waals surface area (Å²) in [7, 11) is -1.57. The molecule has 1 aromatic heterocycles. The number of nitrogens with zero attached hydrogens (tertiary/aromatic N) is 1. The van der Waals surface area contributed by atoms with Crippen LogP contribution in [0.25, 0.3) is 10.9 Å². The molecule has 32 heavy (non-hydrogen) atoms. The molecule has 0 aliphatic rings. The van der Waals surface area contributed by atoms with Gasteiger partial charge in [-0.25, -0.2) is 13.5 Å². The number of carbonyl (C=O) groups is 2. The second-order valence-electron chi connectivity index (χ2n) is 6.99. The van der Waals surface area contributed by atoms with Crippen LogP contribution in [-0.2, 0) is 15.3 Å². The van der Waals surface area contributed by atoms with Crippen LogP contribution < -0.4 is 10.4 Å². The molecule has 0 radical (unpaired) electrons. The van der Waals surface area contributed by atoms with E-state index >= 15 is 0 Å². The second kappa shape index (κ2) is 9.04. The monoisotopic (exact) mass is 449 g/mol. The molecule has 162 valence electrons. The van der Waals surface area contributed by atoms with Gasteiger partial charge in [-0.2, -0.15) is 4.28 Å². The zero-order valence-corrected chi connectivity index (χ0v) is 17.8. The van der Waals surface area contributed by atoms with Gasteiger partial charge in [-0.1, -0.05) is 48.5 Å². The molecule has 0 bridgehead atoms. The van der Waals surface area contributed by atoms with Crippen LogP contribution in [0.3, 0.4) is 0 Å². The van der Waals surface area contributed by atoms with Gasteiger partial charge in [0.2, 0.25) is 0 Å². The fraction of sp³-hybridized carbons (Fsp3) is 0.0435. The lowest BCUT2D eigenvalue weighted by Crippen LogP contribution is -2.16. The number of benzene rings is 3. The molecule has 0 saturated carbocycles. The van der Waals surface area contributed by atoms with E-state index in [9.17, 15) is 18.0 Å². The van der Waals surface area contributed by atoms with Crippen molar-refractivity contribution in [3.05, 3.63) is 95.7 Å². The van der Waals surface area contributed by atoms with Gasteiger partial charge in [0.15, 0.2) is 5.78 Å². The topological polar surface area (TPSA) is 109 Å². The summed E-state index contributed by atoms with van der Waals surface area (Å²) >= 11 is 0. The van der Waals surface area contributed by atoms with Gasteiger partial charge in [-0.15, -0.1) is 0 Å². The lowest BCUT2D eigenvalue weighted by Gasteiger charge is -2.13. The standard InChI is InChI=1S/C23H19N3O5S/c1-26(31-32(29)30)19-11-10-16-13-21(25-20(16)14-19)23(28)24-18-9-5-8-17(12-18)22(27)15-6-3-2-4-7-15/h2-14,25,32H,1H3,(H,24,28). The summed E-state index contributed by atoms with van der Waals surface area (Å²) in [6.07, 6.45) is 0. The van der Waals surface area contributed by atoms with E-state index in [2.05, 4.69) is 14.6 Å². The Bertz CT molecular complexity index is 1370. The van der Waals surface area contributed by atoms with E-state index in [1.807, 2.05) is 6.07 Å². The third-order valence-corrected chi connectivity index (χ3v) is 5.20. The van der Waals surface area contributed by atoms with Crippen LogP contribution in [0.4, 0.5) is 11.4 Å². The highest BCUT2D eigenvalue weighted by molar-refractivity contribution is 7.67. The maximum absolute atomic E-state index is 12.8. The number of amides is 1. The van der Waals surface area contributed by atoms with Gasteiger partial charge in [0, 0.05) is 34.8 Å². The second-order valence-corrected chi connectivity index (χ2v) is 7.60. The first-order valence-electron chi connectivity index (χ1n) is 9.61. The first-order valence-corrected chi connectivity index (χ1v) is 10.7. The summed E-state index contributed by atoms with van der Waals surface area (Å²) < 4.78 is 26.2. The number of rotatable bonds is 7. The summed E-state index contributed by atoms with van der Waals surface area (Å²) in [6.45, 7) is 0. The quantitative estimate of drug-likeness (QED) is 0.226. The summed E-state index contributed by atoms with van der Waals surface area (Å²) in [5.74, 6) is -0.509. The van der Waals surface area contributed by atoms with Crippen molar-refractivity contribution in [2.24, 2.45) is 0 Å². The molecular weight excluding hydrogens is 430 g/mol. The smallest absolute Gasteiger partial charge is 0.277 e. The number of aromatic nitrogens is 1. The molecule has 2 N–H and O–H groups in total. The molecule has 1 heterocycles. The van der Waals surface area contributed by atoms with Gasteiger partial charge in [-0.3, -0.25) is 9.59 Å². The van der Waals surface area contributed by atoms with Crippen molar-refractivity contribution in [1.29, 1.82) is 0 Å². The molecule has 4 rings (SSSR count). The molecule has 1 amide bonds. The normalized spacial score (nSPS) is 10.9. The van der Waals surface area contributed by atoms with E-state index in [0.29, 0.717) is 33.7 Å². The molecule has 8 nitrogen and oxygen atoms in total. The Morgan fingerprint density at radius 3 is 2.41 bits per heavy atom. The number of ketones is 1. The van der Waals surface area contributed by atoms with Crippen molar-refractivity contribution < 1.29 is 22.3 Å². The molecule has 3 aromatic carbocycles. The molecule has 0 saturated heterocycles. The zero-order chi connectivity index (χ0) is 22.7. The molecule has 9 heteroatoms. The minimum absolute atomic E-state index is 0.133. The van der Waals surface area contributed by atoms with Gasteiger partial charge in [0.1, 0.15) is 5.69 Å². The van der Waals surface area contributed by atoms with Crippen molar-refractivity contribution in [3.8, 4) is 0 Å². The van der Waals surface area contributed by atoms with Crippen molar-refractivity contribution in [2.75, 3.05) is 17.4 Å². The fourth-order valence-corrected chi connectivity index (χ4v) is 3.57. The first-order chi connectivity index (χ1) is 15.4. The molecular formula is C23H19N3O5S. The van der Waals surface area contributed by atoms with Crippen LogP contribution in [0.2, 0.25) is 0 Å². The SMILES string of the molecule is CN(O[SH](=O)=O)c1ccc2cc(C(=O)Nc3cccc(C(=O)c4ccccc4)c3)[nH]c2c1. The van der Waals surface area contributed by atoms with Crippen molar-refractivity contribution in [3.63, 3.8) is 0 Å². The lowest BCUT2D eigenvalue weighted by molar-refractivity contribution is 0.101. The molecule has 0 spiro atoms. The summed E-state index contributed by atoms with van der Waals surface area (Å²) in [6, 6.07) is 22.4. The van der Waals surface area contributed by atoms with Crippen LogP contribution in [0, 0.1) is 0 Å². The largest absolute Gasteiger partial charge is 0.350 e. The number of hydroxylamine groups is 1. The number of hydrogen-bond acceptors (Lipinski definition) is 6. The lowest BCUT2D eigenvalue weighted by atomic mass is 10.0. The highest BCUT2D eigenvalue weighted by Crippen LogP contribution is 2.23. The van der Waals surface area contributed by atoms with E-state index in [1.165, 1.54) is 7.05 Å². The Labute approximate surface area is 185 Å². The van der Waals surface area contributed by atoms with Crippen molar-refractivity contribution in [2.45, 2.75) is 0 Å². The molecule has 4 aromatic rings. The maximum atomic E-state index is 12.8. The van der Waals surface area contributed by atoms with Gasteiger partial charge >= 0.3 is 0 Å². The number of anilines is 2. The first kappa shape index (κ1) is 21.3. The molecule has 0 unspecified atom stereocenters. The van der Waals surface area contributed by atoms with Crippen LogP contribution in [0.5, 0.6) is 0 Å². The number of carbonyl (C=O) groups excluding carboxylic acids is 2. The van der Waals surface area contributed by atoms with Gasteiger partial charge in [-0.05, 0) is 30.3 Å². The number of hydrogen-bond donors (Lipinski definition) is 3. The minimum Gasteiger partial charge on any atom is -0.350 e. The Morgan fingerprint density at radius 2 is 1.66 bits per heavy atom. The number of nitrogens with one attached hydrogen (secondary N) is 2. The van der Waals surface area contributed by atoms with E-state index in [0.717, 1.165) is 10.4 Å². The Hall–Kier alpha value is -3.95. The van der Waals surface area contributed by atoms with Gasteiger partial charge in [0.05, 0.1) is 5.69 Å². The fourth-order valence-electron chi connectivity index (χ4n) is 3.27. The summed E-state index contributed by atoms with van der Waals surface area (Å²) in [5, 5.41) is 4.67. The molecule has 0 aliphatic heterocycles. The van der Waals surface area contributed by atoms with E-state index in [-0.39, 0.29) is 11.7 Å². The van der Waals surface area contributed by atoms with E-state index in [4.69, 9.17) is 0 Å². The van der Waals surface area contributed by atoms with Gasteiger partial charge in [0.25, 0.3) is 16.9 Å². The minimum atomic E-state index is -3.04. The average molecular weight is 449 g/mol. The highest BCUT2D eigenvalue weighted by Gasteiger charge is 2.14. The Morgan fingerprint density at radius 1 is 0.906 bits per heavy atom. The zero-order valence-electron chi connectivity index (χ0n) is 16.9. The number of thiol groups is 1. The third-order valence-electron chi connectivity index (χ3n) is 4.82. The van der Waals surface area contributed by atoms with Crippen molar-refractivity contribution in [1.82, 2.24) is 4.98 Å². The highest BCUT2D eigenvalue weighted by atomic mass is 32.2. The van der Waals surface area contributed by atoms with E-state index in [1.54, 1.807) is 72.8 Å². The average Bonchev–Trinajstić information content (AvgIpc) is 3.22. The van der Waals surface area contributed by atoms with Gasteiger partial charge < -0.3 is 10.3 Å². The van der Waals surface area contributed by atoms with E-state index < -0.39 is 11.0 Å². The molecule has 0 fully saturated rings. The summed E-state index contributed by atoms with van der Waals surface area (Å²) in [5.41, 5.74) is 2.97. The summed E-state index contributed by atoms with van der Waals surface area (Å²) in [4.78, 5) is 28.4. The van der Waals surface area contributed by atoms with Crippen molar-refractivity contribution >= 4 is 45.0 Å². The maximum Gasteiger partial charge on any atom is 0.277 e. The van der Waals surface area contributed by atoms with Crippen LogP contribution in [-0.4, -0.2) is 32.1 Å². The Balaban J connectivity index is 1.53. The van der Waals surface area contributed by atoms with Crippen LogP contribution >= 0.6 is 0 Å². The molecule has 0 aliphatic carbocycles. The van der Waals surface area contributed by atoms with Crippen LogP contribution in [0.15, 0.2) is 78.9 Å². The predicted molar refractivity (Wildman–Crippen MR) is 122 cm³/mol. The third kappa shape index (κ3) is 4.69. The van der Waals surface area contributed by atoms with Crippen LogP contribution in [0.1, 0.15) is 26.4 Å². The molecule has 0 atom stereocenters. The number of H-pyrrole nitrogens is 1. The Kier molecular flexibility index (Phi) is 6.02.